The van der Waals surface area contributed by atoms with Crippen molar-refractivity contribution in [3.63, 3.8) is 0 Å². The molecule has 2 aromatic rings. The molecule has 0 spiro atoms. The summed E-state index contributed by atoms with van der Waals surface area (Å²) in [5, 5.41) is 3.76. The molecule has 1 aromatic carbocycles. The number of H-pyrrole nitrogens is 1. The van der Waals surface area contributed by atoms with Crippen LogP contribution in [-0.2, 0) is 4.74 Å². The number of amides is 1. The molecule has 4 heteroatoms. The van der Waals surface area contributed by atoms with E-state index in [0.29, 0.717) is 6.61 Å². The molecule has 0 fully saturated rings. The number of benzene rings is 1. The average molecular weight is 204 g/mol. The number of carbonyl (C=O) groups is 1. The van der Waals surface area contributed by atoms with Gasteiger partial charge in [0.2, 0.25) is 0 Å². The first kappa shape index (κ1) is 9.58. The number of anilines is 1. The standard InChI is InChI=1S/C11H12N2O2/c1-2-15-11(14)13-9-4-3-8-5-6-12-10(8)7-9/h3-7,12H,2H2,1H3,(H,13,14). The lowest BCUT2D eigenvalue weighted by Gasteiger charge is -2.04. The average Bonchev–Trinajstić information content (AvgIpc) is 2.65. The van der Waals surface area contributed by atoms with E-state index in [0.717, 1.165) is 16.6 Å². The molecule has 2 rings (SSSR count). The van der Waals surface area contributed by atoms with Crippen molar-refractivity contribution < 1.29 is 9.53 Å². The van der Waals surface area contributed by atoms with Crippen LogP contribution in [0.3, 0.4) is 0 Å². The van der Waals surface area contributed by atoms with Crippen molar-refractivity contribution in [2.24, 2.45) is 0 Å². The maximum absolute atomic E-state index is 11.1. The topological polar surface area (TPSA) is 54.1 Å². The van der Waals surface area contributed by atoms with Gasteiger partial charge in [-0.05, 0) is 30.5 Å². The lowest BCUT2D eigenvalue weighted by molar-refractivity contribution is 0.168. The summed E-state index contributed by atoms with van der Waals surface area (Å²) in [5.74, 6) is 0. The van der Waals surface area contributed by atoms with Crippen LogP contribution in [0.15, 0.2) is 30.5 Å². The van der Waals surface area contributed by atoms with Crippen LogP contribution < -0.4 is 5.32 Å². The van der Waals surface area contributed by atoms with E-state index in [-0.39, 0.29) is 0 Å². The third kappa shape index (κ3) is 2.10. The zero-order chi connectivity index (χ0) is 10.7. The Kier molecular flexibility index (Phi) is 2.58. The number of nitrogens with one attached hydrogen (secondary N) is 2. The van der Waals surface area contributed by atoms with Crippen LogP contribution in [0.5, 0.6) is 0 Å². The van der Waals surface area contributed by atoms with Gasteiger partial charge in [-0.2, -0.15) is 0 Å². The monoisotopic (exact) mass is 204 g/mol. The zero-order valence-corrected chi connectivity index (χ0v) is 8.41. The second-order valence-corrected chi connectivity index (χ2v) is 3.13. The molecule has 1 heterocycles. The van der Waals surface area contributed by atoms with E-state index >= 15 is 0 Å². The van der Waals surface area contributed by atoms with Gasteiger partial charge in [0.1, 0.15) is 0 Å². The van der Waals surface area contributed by atoms with Crippen molar-refractivity contribution in [1.82, 2.24) is 4.98 Å². The van der Waals surface area contributed by atoms with Gasteiger partial charge in [0.05, 0.1) is 6.61 Å². The van der Waals surface area contributed by atoms with Crippen LogP contribution in [0, 0.1) is 0 Å². The molecule has 0 aliphatic rings. The molecule has 0 bridgehead atoms. The molecule has 2 N–H and O–H groups in total. The number of rotatable bonds is 2. The predicted molar refractivity (Wildman–Crippen MR) is 58.9 cm³/mol. The molecule has 0 atom stereocenters. The summed E-state index contributed by atoms with van der Waals surface area (Å²) in [4.78, 5) is 14.2. The molecule has 4 nitrogen and oxygen atoms in total. The maximum atomic E-state index is 11.1. The number of ether oxygens (including phenoxy) is 1. The van der Waals surface area contributed by atoms with Gasteiger partial charge in [-0.3, -0.25) is 5.32 Å². The van der Waals surface area contributed by atoms with Gasteiger partial charge in [-0.25, -0.2) is 4.79 Å². The Bertz CT molecular complexity index is 476. The third-order valence-corrected chi connectivity index (χ3v) is 2.08. The lowest BCUT2D eigenvalue weighted by atomic mass is 10.2. The molecule has 1 aromatic heterocycles. The zero-order valence-electron chi connectivity index (χ0n) is 8.41. The Hall–Kier alpha value is -1.97. The van der Waals surface area contributed by atoms with Crippen LogP contribution in [-0.4, -0.2) is 17.7 Å². The minimum Gasteiger partial charge on any atom is -0.450 e. The van der Waals surface area contributed by atoms with E-state index in [9.17, 15) is 4.79 Å². The van der Waals surface area contributed by atoms with Crippen molar-refractivity contribution in [2.45, 2.75) is 6.92 Å². The molecule has 0 saturated heterocycles. The molecular weight excluding hydrogens is 192 g/mol. The molecule has 1 amide bonds. The van der Waals surface area contributed by atoms with Gasteiger partial charge >= 0.3 is 6.09 Å². The summed E-state index contributed by atoms with van der Waals surface area (Å²) in [6.07, 6.45) is 1.43. The van der Waals surface area contributed by atoms with Crippen molar-refractivity contribution in [2.75, 3.05) is 11.9 Å². The molecular formula is C11H12N2O2. The number of aromatic amines is 1. The van der Waals surface area contributed by atoms with Crippen LogP contribution in [0.25, 0.3) is 10.9 Å². The van der Waals surface area contributed by atoms with Crippen LogP contribution in [0.1, 0.15) is 6.92 Å². The molecule has 0 unspecified atom stereocenters. The Balaban J connectivity index is 2.17. The smallest absolute Gasteiger partial charge is 0.411 e. The van der Waals surface area contributed by atoms with Crippen molar-refractivity contribution in [3.05, 3.63) is 30.5 Å². The lowest BCUT2D eigenvalue weighted by Crippen LogP contribution is -2.13. The molecule has 15 heavy (non-hydrogen) atoms. The predicted octanol–water partition coefficient (Wildman–Crippen LogP) is 2.74. The summed E-state index contributed by atoms with van der Waals surface area (Å²) in [6.45, 7) is 2.14. The second-order valence-electron chi connectivity index (χ2n) is 3.13. The molecule has 0 radical (unpaired) electrons. The fourth-order valence-corrected chi connectivity index (χ4v) is 1.41. The first-order chi connectivity index (χ1) is 7.29. The van der Waals surface area contributed by atoms with Gasteiger partial charge in [-0.1, -0.05) is 6.07 Å². The number of hydrogen-bond acceptors (Lipinski definition) is 2. The van der Waals surface area contributed by atoms with E-state index in [1.807, 2.05) is 30.5 Å². The number of aromatic nitrogens is 1. The van der Waals surface area contributed by atoms with Crippen molar-refractivity contribution in [3.8, 4) is 0 Å². The van der Waals surface area contributed by atoms with E-state index in [1.54, 1.807) is 6.92 Å². The van der Waals surface area contributed by atoms with Gasteiger partial charge < -0.3 is 9.72 Å². The summed E-state index contributed by atoms with van der Waals surface area (Å²) < 4.78 is 4.78. The maximum Gasteiger partial charge on any atom is 0.411 e. The Morgan fingerprint density at radius 3 is 3.13 bits per heavy atom. The second kappa shape index (κ2) is 4.04. The Morgan fingerprint density at radius 1 is 1.47 bits per heavy atom. The van der Waals surface area contributed by atoms with Gasteiger partial charge in [-0.15, -0.1) is 0 Å². The quantitative estimate of drug-likeness (QED) is 0.790. The summed E-state index contributed by atoms with van der Waals surface area (Å²) in [7, 11) is 0. The fourth-order valence-electron chi connectivity index (χ4n) is 1.41. The van der Waals surface area contributed by atoms with E-state index < -0.39 is 6.09 Å². The highest BCUT2D eigenvalue weighted by Gasteiger charge is 2.02. The normalized spacial score (nSPS) is 10.2. The highest BCUT2D eigenvalue weighted by atomic mass is 16.5. The Labute approximate surface area is 87.2 Å². The van der Waals surface area contributed by atoms with Gasteiger partial charge in [0, 0.05) is 17.4 Å². The third-order valence-electron chi connectivity index (χ3n) is 2.08. The SMILES string of the molecule is CCOC(=O)Nc1ccc2cc[nH]c2c1. The minimum atomic E-state index is -0.427. The first-order valence-electron chi connectivity index (χ1n) is 4.80. The number of fused-ring (bicyclic) bond motifs is 1. The van der Waals surface area contributed by atoms with E-state index in [2.05, 4.69) is 10.3 Å². The summed E-state index contributed by atoms with van der Waals surface area (Å²) in [5.41, 5.74) is 1.72. The van der Waals surface area contributed by atoms with Crippen molar-refractivity contribution in [1.29, 1.82) is 0 Å². The highest BCUT2D eigenvalue weighted by molar-refractivity contribution is 5.89. The van der Waals surface area contributed by atoms with Gasteiger partial charge in [0.25, 0.3) is 0 Å². The van der Waals surface area contributed by atoms with Crippen LogP contribution in [0.4, 0.5) is 10.5 Å². The van der Waals surface area contributed by atoms with Crippen LogP contribution in [0.2, 0.25) is 0 Å². The fraction of sp³-hybridized carbons (Fsp3) is 0.182. The molecule has 0 saturated carbocycles. The first-order valence-corrected chi connectivity index (χ1v) is 4.80. The number of carbonyl (C=O) groups excluding carboxylic acids is 1. The molecule has 78 valence electrons. The largest absolute Gasteiger partial charge is 0.450 e. The number of hydrogen-bond donors (Lipinski definition) is 2. The van der Waals surface area contributed by atoms with Gasteiger partial charge in [0.15, 0.2) is 0 Å². The molecule has 0 aliphatic carbocycles. The van der Waals surface area contributed by atoms with E-state index in [1.165, 1.54) is 0 Å². The summed E-state index contributed by atoms with van der Waals surface area (Å²) in [6, 6.07) is 7.62. The van der Waals surface area contributed by atoms with Crippen molar-refractivity contribution >= 4 is 22.7 Å². The Morgan fingerprint density at radius 2 is 2.33 bits per heavy atom. The van der Waals surface area contributed by atoms with E-state index in [4.69, 9.17) is 4.74 Å². The molecule has 0 aliphatic heterocycles. The summed E-state index contributed by atoms with van der Waals surface area (Å²) >= 11 is 0. The highest BCUT2D eigenvalue weighted by Crippen LogP contribution is 2.17. The van der Waals surface area contributed by atoms with Crippen LogP contribution >= 0.6 is 0 Å². The minimum absolute atomic E-state index is 0.372.